The molecule has 1 saturated heterocycles. The van der Waals surface area contributed by atoms with E-state index in [0.29, 0.717) is 11.0 Å². The number of carbonyl (C=O) groups excluding carboxylic acids is 1. The molecule has 0 aliphatic carbocycles. The highest BCUT2D eigenvalue weighted by molar-refractivity contribution is 9.10. The fourth-order valence-corrected chi connectivity index (χ4v) is 2.69. The van der Waals surface area contributed by atoms with Crippen molar-refractivity contribution in [3.8, 4) is 0 Å². The van der Waals surface area contributed by atoms with Gasteiger partial charge in [-0.15, -0.1) is 0 Å². The van der Waals surface area contributed by atoms with Gasteiger partial charge in [-0.1, -0.05) is 15.9 Å². The zero-order chi connectivity index (χ0) is 14.2. The lowest BCUT2D eigenvalue weighted by Gasteiger charge is -2.23. The number of nitrogens with zero attached hydrogens (tertiary/aromatic N) is 1. The number of likely N-dealkylation sites (tertiary alicyclic amines) is 1. The van der Waals surface area contributed by atoms with Gasteiger partial charge in [0.25, 0.3) is 5.91 Å². The smallest absolute Gasteiger partial charge is 0.336 e. The van der Waals surface area contributed by atoms with Crippen LogP contribution in [0.2, 0.25) is 0 Å². The summed E-state index contributed by atoms with van der Waals surface area (Å²) in [5, 5.41) is 0. The first kappa shape index (κ1) is 14.4. The maximum atomic E-state index is 13.0. The van der Waals surface area contributed by atoms with Crippen LogP contribution in [0.1, 0.15) is 35.7 Å². The normalized spacial score (nSPS) is 19.8. The second-order valence-corrected chi connectivity index (χ2v) is 5.59. The molecule has 0 bridgehead atoms. The van der Waals surface area contributed by atoms with Crippen molar-refractivity contribution in [3.63, 3.8) is 0 Å². The molecule has 2 rings (SSSR count). The monoisotopic (exact) mass is 335 g/mol. The Morgan fingerprint density at radius 1 is 1.42 bits per heavy atom. The minimum Gasteiger partial charge on any atom is -0.336 e. The first-order valence-electron chi connectivity index (χ1n) is 5.98. The molecule has 2 nitrogen and oxygen atoms in total. The lowest BCUT2D eigenvalue weighted by molar-refractivity contribution is -0.138. The van der Waals surface area contributed by atoms with Crippen LogP contribution in [-0.2, 0) is 6.18 Å². The molecule has 0 aromatic heterocycles. The van der Waals surface area contributed by atoms with E-state index in [1.54, 1.807) is 0 Å². The van der Waals surface area contributed by atoms with E-state index in [0.717, 1.165) is 18.9 Å². The van der Waals surface area contributed by atoms with E-state index < -0.39 is 17.6 Å². The molecular formula is C13H13BrF3NO. The van der Waals surface area contributed by atoms with Crippen LogP contribution in [0.25, 0.3) is 0 Å². The molecule has 0 radical (unpaired) electrons. The molecule has 104 valence electrons. The molecule has 0 N–H and O–H groups in total. The number of hydrogen-bond acceptors (Lipinski definition) is 1. The summed E-state index contributed by atoms with van der Waals surface area (Å²) in [6.07, 6.45) is -2.86. The predicted molar refractivity (Wildman–Crippen MR) is 68.9 cm³/mol. The summed E-state index contributed by atoms with van der Waals surface area (Å²) in [4.78, 5) is 13.8. The van der Waals surface area contributed by atoms with Crippen LogP contribution in [0.5, 0.6) is 0 Å². The summed E-state index contributed by atoms with van der Waals surface area (Å²) in [6.45, 7) is 2.38. The van der Waals surface area contributed by atoms with Crippen molar-refractivity contribution in [2.75, 3.05) is 6.54 Å². The minimum absolute atomic E-state index is 0.00256. The van der Waals surface area contributed by atoms with Crippen molar-refractivity contribution in [3.05, 3.63) is 33.8 Å². The third-order valence-electron chi connectivity index (χ3n) is 3.33. The highest BCUT2D eigenvalue weighted by atomic mass is 79.9. The average Bonchev–Trinajstić information content (AvgIpc) is 2.73. The number of halogens is 4. The summed E-state index contributed by atoms with van der Waals surface area (Å²) >= 11 is 3.01. The molecule has 1 aliphatic heterocycles. The number of rotatable bonds is 1. The molecule has 0 saturated carbocycles. The third kappa shape index (κ3) is 2.94. The van der Waals surface area contributed by atoms with Crippen LogP contribution in [0.3, 0.4) is 0 Å². The molecule has 1 unspecified atom stereocenters. The largest absolute Gasteiger partial charge is 0.417 e. The van der Waals surface area contributed by atoms with Gasteiger partial charge in [-0.05, 0) is 38.0 Å². The van der Waals surface area contributed by atoms with E-state index in [-0.39, 0.29) is 11.6 Å². The molecule has 1 fully saturated rings. The summed E-state index contributed by atoms with van der Waals surface area (Å²) in [5.41, 5.74) is -1.16. The van der Waals surface area contributed by atoms with Gasteiger partial charge in [-0.25, -0.2) is 0 Å². The predicted octanol–water partition coefficient (Wildman–Crippen LogP) is 4.09. The van der Waals surface area contributed by atoms with Crippen LogP contribution >= 0.6 is 15.9 Å². The number of benzene rings is 1. The lowest BCUT2D eigenvalue weighted by atomic mass is 10.1. The Bertz CT molecular complexity index is 501. The Morgan fingerprint density at radius 2 is 2.11 bits per heavy atom. The number of hydrogen-bond donors (Lipinski definition) is 0. The molecule has 0 spiro atoms. The van der Waals surface area contributed by atoms with E-state index in [4.69, 9.17) is 0 Å². The van der Waals surface area contributed by atoms with Crippen molar-refractivity contribution >= 4 is 21.8 Å². The standard InChI is InChI=1S/C13H13BrF3NO/c1-8-3-2-6-18(8)12(19)10-5-4-9(14)7-11(10)13(15,16)17/h4-5,7-8H,2-3,6H2,1H3. The summed E-state index contributed by atoms with van der Waals surface area (Å²) in [7, 11) is 0. The van der Waals surface area contributed by atoms with Crippen molar-refractivity contribution in [1.82, 2.24) is 4.90 Å². The van der Waals surface area contributed by atoms with E-state index in [1.807, 2.05) is 6.92 Å². The Kier molecular flexibility index (Phi) is 3.90. The van der Waals surface area contributed by atoms with Gasteiger partial charge < -0.3 is 4.90 Å². The number of amides is 1. The first-order valence-corrected chi connectivity index (χ1v) is 6.77. The summed E-state index contributed by atoms with van der Waals surface area (Å²) < 4.78 is 39.3. The van der Waals surface area contributed by atoms with E-state index in [2.05, 4.69) is 15.9 Å². The van der Waals surface area contributed by atoms with Gasteiger partial charge in [0.2, 0.25) is 0 Å². The van der Waals surface area contributed by atoms with Crippen molar-refractivity contribution in [2.45, 2.75) is 32.0 Å². The van der Waals surface area contributed by atoms with Crippen LogP contribution in [0.4, 0.5) is 13.2 Å². The Labute approximate surface area is 117 Å². The molecular weight excluding hydrogens is 323 g/mol. The Morgan fingerprint density at radius 3 is 2.63 bits per heavy atom. The van der Waals surface area contributed by atoms with E-state index in [1.165, 1.54) is 17.0 Å². The molecule has 1 aromatic carbocycles. The topological polar surface area (TPSA) is 20.3 Å². The zero-order valence-electron chi connectivity index (χ0n) is 10.3. The SMILES string of the molecule is CC1CCCN1C(=O)c1ccc(Br)cc1C(F)(F)F. The van der Waals surface area contributed by atoms with Gasteiger partial charge in [-0.2, -0.15) is 13.2 Å². The second-order valence-electron chi connectivity index (χ2n) is 4.68. The fraction of sp³-hybridized carbons (Fsp3) is 0.462. The van der Waals surface area contributed by atoms with Gasteiger partial charge >= 0.3 is 6.18 Å². The Balaban J connectivity index is 2.42. The molecule has 1 amide bonds. The maximum Gasteiger partial charge on any atom is 0.417 e. The highest BCUT2D eigenvalue weighted by Crippen LogP contribution is 2.35. The fourth-order valence-electron chi connectivity index (χ4n) is 2.33. The van der Waals surface area contributed by atoms with Crippen LogP contribution in [0, 0.1) is 0 Å². The van der Waals surface area contributed by atoms with Crippen LogP contribution < -0.4 is 0 Å². The number of alkyl halides is 3. The summed E-state index contributed by atoms with van der Waals surface area (Å²) in [6, 6.07) is 3.65. The molecule has 19 heavy (non-hydrogen) atoms. The third-order valence-corrected chi connectivity index (χ3v) is 3.82. The van der Waals surface area contributed by atoms with Crippen molar-refractivity contribution < 1.29 is 18.0 Å². The van der Waals surface area contributed by atoms with Crippen molar-refractivity contribution in [2.24, 2.45) is 0 Å². The Hall–Kier alpha value is -1.04. The quantitative estimate of drug-likeness (QED) is 0.756. The molecule has 6 heteroatoms. The minimum atomic E-state index is -4.53. The van der Waals surface area contributed by atoms with Gasteiger partial charge in [0.05, 0.1) is 11.1 Å². The molecule has 1 aromatic rings. The van der Waals surface area contributed by atoms with Gasteiger partial charge in [-0.3, -0.25) is 4.79 Å². The highest BCUT2D eigenvalue weighted by Gasteiger charge is 2.37. The lowest BCUT2D eigenvalue weighted by Crippen LogP contribution is -2.34. The molecule has 1 atom stereocenters. The van der Waals surface area contributed by atoms with Gasteiger partial charge in [0.15, 0.2) is 0 Å². The number of carbonyl (C=O) groups is 1. The van der Waals surface area contributed by atoms with Gasteiger partial charge in [0, 0.05) is 17.1 Å². The second kappa shape index (κ2) is 5.15. The summed E-state index contributed by atoms with van der Waals surface area (Å²) in [5.74, 6) is -0.537. The molecule has 1 heterocycles. The van der Waals surface area contributed by atoms with E-state index >= 15 is 0 Å². The van der Waals surface area contributed by atoms with Crippen LogP contribution in [0.15, 0.2) is 22.7 Å². The maximum absolute atomic E-state index is 13.0. The average molecular weight is 336 g/mol. The first-order chi connectivity index (χ1) is 8.80. The zero-order valence-corrected chi connectivity index (χ0v) is 11.9. The molecule has 1 aliphatic rings. The van der Waals surface area contributed by atoms with Crippen LogP contribution in [-0.4, -0.2) is 23.4 Å². The van der Waals surface area contributed by atoms with E-state index in [9.17, 15) is 18.0 Å². The van der Waals surface area contributed by atoms with Crippen molar-refractivity contribution in [1.29, 1.82) is 0 Å². The van der Waals surface area contributed by atoms with Gasteiger partial charge in [0.1, 0.15) is 0 Å².